The molecule has 0 saturated heterocycles. The smallest absolute Gasteiger partial charge is 0.314 e. The van der Waals surface area contributed by atoms with Crippen LogP contribution in [0.25, 0.3) is 0 Å². The van der Waals surface area contributed by atoms with E-state index in [0.717, 1.165) is 0 Å². The summed E-state index contributed by atoms with van der Waals surface area (Å²) in [5, 5.41) is 7.71. The van der Waals surface area contributed by atoms with E-state index in [1.165, 1.54) is 0 Å². The fourth-order valence-electron chi connectivity index (χ4n) is 0. The molecule has 0 aliphatic rings. The molecule has 4 heteroatoms. The summed E-state index contributed by atoms with van der Waals surface area (Å²) < 4.78 is 0. The lowest BCUT2D eigenvalue weighted by atomic mass is 10.8. The summed E-state index contributed by atoms with van der Waals surface area (Å²) in [6.45, 7) is 4.00. The van der Waals surface area contributed by atoms with Crippen LogP contribution in [-0.4, -0.2) is 16.4 Å². The number of hydrogen-bond acceptors (Lipinski definition) is 1. The molecule has 0 aliphatic carbocycles. The van der Waals surface area contributed by atoms with Crippen molar-refractivity contribution in [1.29, 1.82) is 0 Å². The van der Waals surface area contributed by atoms with E-state index >= 15 is 0 Å². The van der Waals surface area contributed by atoms with Crippen molar-refractivity contribution >= 4 is 31.8 Å². The van der Waals surface area contributed by atoms with E-state index in [9.17, 15) is 4.79 Å². The molecule has 0 rings (SSSR count). The lowest BCUT2D eigenvalue weighted by Gasteiger charge is -1.70. The van der Waals surface area contributed by atoms with E-state index in [4.69, 9.17) is 5.11 Å². The van der Waals surface area contributed by atoms with Gasteiger partial charge >= 0.3 is 5.97 Å². The average Bonchev–Trinajstić information content (AvgIpc) is 1.73. The number of halogens is 1. The molecule has 0 radical (unpaired) electrons. The highest BCUT2D eigenvalue weighted by atomic mass is 79.9. The van der Waals surface area contributed by atoms with Crippen molar-refractivity contribution in [3.8, 4) is 0 Å². The Balaban J connectivity index is -0.0000000750. The van der Waals surface area contributed by atoms with Crippen LogP contribution in [0.15, 0.2) is 0 Å². The predicted octanol–water partition coefficient (Wildman–Crippen LogP) is 1.55. The maximum atomic E-state index is 9.32. The lowest BCUT2D eigenvalue weighted by Crippen LogP contribution is -1.92. The van der Waals surface area contributed by atoms with Gasteiger partial charge in [0.1, 0.15) is 5.33 Å². The Morgan fingerprint density at radius 3 is 1.75 bits per heavy atom. The summed E-state index contributed by atoms with van der Waals surface area (Å²) >= 11 is 2.71. The van der Waals surface area contributed by atoms with Crippen molar-refractivity contribution in [1.82, 2.24) is 0 Å². The van der Waals surface area contributed by atoms with Gasteiger partial charge in [0.25, 0.3) is 0 Å². The zero-order valence-electron chi connectivity index (χ0n) is 5.15. The average molecular weight is 203 g/mol. The first-order valence-corrected chi connectivity index (χ1v) is 3.17. The maximum absolute atomic E-state index is 9.32. The number of rotatable bonds is 1. The first-order valence-electron chi connectivity index (χ1n) is 2.05. The predicted molar refractivity (Wildman–Crippen MR) is 43.9 cm³/mol. The van der Waals surface area contributed by atoms with E-state index in [2.05, 4.69) is 15.9 Å². The van der Waals surface area contributed by atoms with Gasteiger partial charge in [-0.25, -0.2) is 0 Å². The fraction of sp³-hybridized carbons (Fsp3) is 0.750. The van der Waals surface area contributed by atoms with Gasteiger partial charge in [-0.15, -0.1) is 0 Å². The highest BCUT2D eigenvalue weighted by Crippen LogP contribution is 1.73. The zero-order valence-corrected chi connectivity index (χ0v) is 8.15. The quantitative estimate of drug-likeness (QED) is 0.518. The summed E-state index contributed by atoms with van der Waals surface area (Å²) in [5.41, 5.74) is 0. The van der Waals surface area contributed by atoms with Gasteiger partial charge < -0.3 is 5.11 Å². The number of carboxylic acid groups (broad SMARTS) is 1. The molecular formula is C4H12BrO2P. The molecule has 1 N–H and O–H groups in total. The van der Waals surface area contributed by atoms with Crippen LogP contribution >= 0.6 is 25.8 Å². The van der Waals surface area contributed by atoms with Crippen LogP contribution in [0.2, 0.25) is 0 Å². The molecule has 0 aliphatic heterocycles. The Labute approximate surface area is 61.4 Å². The minimum absolute atomic E-state index is 0. The zero-order chi connectivity index (χ0) is 6.28. The van der Waals surface area contributed by atoms with Crippen LogP contribution < -0.4 is 0 Å². The molecule has 0 bridgehead atoms. The first-order chi connectivity index (χ1) is 3.27. The van der Waals surface area contributed by atoms with Gasteiger partial charge in [0.05, 0.1) is 0 Å². The molecule has 0 fully saturated rings. The molecule has 8 heavy (non-hydrogen) atoms. The molecular weight excluding hydrogens is 191 g/mol. The van der Waals surface area contributed by atoms with Crippen LogP contribution in [0.5, 0.6) is 0 Å². The molecule has 0 saturated carbocycles. The minimum atomic E-state index is -0.829. The van der Waals surface area contributed by atoms with Crippen molar-refractivity contribution in [2.45, 2.75) is 13.8 Å². The molecule has 0 amide bonds. The highest BCUT2D eigenvalue weighted by molar-refractivity contribution is 9.09. The third-order valence-corrected chi connectivity index (χ3v) is 0.594. The number of carboxylic acids is 1. The topological polar surface area (TPSA) is 37.3 Å². The van der Waals surface area contributed by atoms with Crippen LogP contribution in [0.4, 0.5) is 0 Å². The molecule has 1 atom stereocenters. The van der Waals surface area contributed by atoms with Crippen molar-refractivity contribution in [2.75, 3.05) is 5.33 Å². The second kappa shape index (κ2) is 15.7. The summed E-state index contributed by atoms with van der Waals surface area (Å²) in [5.74, 6) is -0.829. The normalized spacial score (nSPS) is 5.38. The lowest BCUT2D eigenvalue weighted by molar-refractivity contribution is -0.133. The van der Waals surface area contributed by atoms with Gasteiger partial charge in [-0.3, -0.25) is 4.79 Å². The molecule has 0 aromatic rings. The Morgan fingerprint density at radius 2 is 1.75 bits per heavy atom. The molecule has 1 unspecified atom stereocenters. The largest absolute Gasteiger partial charge is 0.481 e. The van der Waals surface area contributed by atoms with E-state index < -0.39 is 5.97 Å². The molecule has 52 valence electrons. The van der Waals surface area contributed by atoms with Crippen molar-refractivity contribution in [3.63, 3.8) is 0 Å². The third kappa shape index (κ3) is 32.6. The van der Waals surface area contributed by atoms with Crippen LogP contribution in [0.3, 0.4) is 0 Å². The Hall–Kier alpha value is 0.380. The molecule has 0 aromatic carbocycles. The molecule has 0 heterocycles. The summed E-state index contributed by atoms with van der Waals surface area (Å²) in [4.78, 5) is 9.32. The van der Waals surface area contributed by atoms with E-state index in [0.29, 0.717) is 0 Å². The summed E-state index contributed by atoms with van der Waals surface area (Å²) in [7, 11) is 0. The highest BCUT2D eigenvalue weighted by Gasteiger charge is 1.83. The Kier molecular flexibility index (Phi) is 30.9. The van der Waals surface area contributed by atoms with Crippen molar-refractivity contribution < 1.29 is 9.90 Å². The van der Waals surface area contributed by atoms with E-state index in [-0.39, 0.29) is 15.2 Å². The van der Waals surface area contributed by atoms with Crippen molar-refractivity contribution in [3.05, 3.63) is 0 Å². The van der Waals surface area contributed by atoms with Gasteiger partial charge in [0, 0.05) is 0 Å². The molecule has 0 aromatic heterocycles. The van der Waals surface area contributed by atoms with Gasteiger partial charge in [-0.05, 0) is 0 Å². The monoisotopic (exact) mass is 202 g/mol. The Bertz CT molecular complexity index is 49.3. The third-order valence-electron chi connectivity index (χ3n) is 0.114. The Morgan fingerprint density at radius 1 is 1.62 bits per heavy atom. The second-order valence-corrected chi connectivity index (χ2v) is 1.09. The van der Waals surface area contributed by atoms with E-state index in [1.54, 1.807) is 0 Å². The minimum Gasteiger partial charge on any atom is -0.481 e. The summed E-state index contributed by atoms with van der Waals surface area (Å²) in [6.07, 6.45) is 0. The number of hydrogen-bond donors (Lipinski definition) is 1. The van der Waals surface area contributed by atoms with Crippen LogP contribution in [0.1, 0.15) is 13.8 Å². The van der Waals surface area contributed by atoms with E-state index in [1.807, 2.05) is 13.8 Å². The second-order valence-electron chi connectivity index (χ2n) is 0.527. The van der Waals surface area contributed by atoms with Gasteiger partial charge in [0.15, 0.2) is 0 Å². The maximum Gasteiger partial charge on any atom is 0.314 e. The van der Waals surface area contributed by atoms with Crippen molar-refractivity contribution in [2.24, 2.45) is 0 Å². The fourth-order valence-corrected chi connectivity index (χ4v) is 0. The first kappa shape index (κ1) is 15.8. The van der Waals surface area contributed by atoms with Crippen LogP contribution in [-0.2, 0) is 4.79 Å². The number of carbonyl (C=O) groups is 1. The molecule has 2 nitrogen and oxygen atoms in total. The van der Waals surface area contributed by atoms with Gasteiger partial charge in [0.2, 0.25) is 0 Å². The standard InChI is InChI=1S/C2H3BrO2.C2H6.H3P/c3-1-2(4)5;1-2;/h1H2,(H,4,5);1-2H3;1H3. The van der Waals surface area contributed by atoms with Gasteiger partial charge in [-0.1, -0.05) is 29.8 Å². The summed E-state index contributed by atoms with van der Waals surface area (Å²) in [6, 6.07) is 0. The van der Waals surface area contributed by atoms with Crippen LogP contribution in [0, 0.1) is 0 Å². The number of alkyl halides is 1. The van der Waals surface area contributed by atoms with Gasteiger partial charge in [-0.2, -0.15) is 9.90 Å². The molecule has 0 spiro atoms. The number of aliphatic carboxylic acids is 1. The SMILES string of the molecule is CC.O=C(O)CBr.P.